The van der Waals surface area contributed by atoms with Crippen molar-refractivity contribution in [2.45, 2.75) is 107 Å². The molecule has 3 rings (SSSR count). The van der Waals surface area contributed by atoms with Crippen molar-refractivity contribution in [2.24, 2.45) is 5.92 Å². The second-order valence-electron chi connectivity index (χ2n) is 8.15. The molecule has 1 spiro atoms. The minimum atomic E-state index is 0.526. The average Bonchev–Trinajstić information content (AvgIpc) is 2.58. The summed E-state index contributed by atoms with van der Waals surface area (Å²) in [6.45, 7) is 3.49. The van der Waals surface area contributed by atoms with Gasteiger partial charge >= 0.3 is 0 Å². The van der Waals surface area contributed by atoms with Crippen molar-refractivity contribution < 1.29 is 0 Å². The first-order valence-corrected chi connectivity index (χ1v) is 11.0. The normalized spacial score (nSPS) is 37.7. The number of piperidine rings is 2. The van der Waals surface area contributed by atoms with E-state index in [0.717, 1.165) is 12.0 Å². The zero-order chi connectivity index (χ0) is 16.1. The zero-order valence-corrected chi connectivity index (χ0v) is 15.8. The van der Waals surface area contributed by atoms with Crippen LogP contribution in [0.4, 0.5) is 0 Å². The second-order valence-corrected chi connectivity index (χ2v) is 9.23. The highest BCUT2D eigenvalue weighted by molar-refractivity contribution is 8.04. The van der Waals surface area contributed by atoms with Crippen molar-refractivity contribution in [1.29, 1.82) is 5.26 Å². The molecule has 23 heavy (non-hydrogen) atoms. The number of hydrogen-bond donors (Lipinski definition) is 0. The third-order valence-electron chi connectivity index (χ3n) is 6.94. The maximum Gasteiger partial charge on any atom is 0.133 e. The molecular weight excluding hydrogens is 300 g/mol. The lowest BCUT2D eigenvalue weighted by molar-refractivity contribution is -0.0926. The van der Waals surface area contributed by atoms with E-state index in [1.165, 1.54) is 90.0 Å². The molecule has 0 aromatic heterocycles. The molecule has 0 amide bonds. The Balaban J connectivity index is 1.70. The summed E-state index contributed by atoms with van der Waals surface area (Å²) in [4.78, 5) is 2.95. The molecule has 3 aliphatic rings. The minimum absolute atomic E-state index is 0.526. The molecule has 2 aliphatic heterocycles. The predicted molar refractivity (Wildman–Crippen MR) is 99.4 cm³/mol. The molecule has 2 nitrogen and oxygen atoms in total. The van der Waals surface area contributed by atoms with Crippen molar-refractivity contribution in [3.8, 4) is 5.40 Å². The van der Waals surface area contributed by atoms with Crippen LogP contribution in [-0.2, 0) is 0 Å². The van der Waals surface area contributed by atoms with Gasteiger partial charge in [-0.2, -0.15) is 5.26 Å². The van der Waals surface area contributed by atoms with Gasteiger partial charge in [-0.25, -0.2) is 0 Å². The van der Waals surface area contributed by atoms with Crippen molar-refractivity contribution in [3.63, 3.8) is 0 Å². The van der Waals surface area contributed by atoms with Gasteiger partial charge in [0.05, 0.1) is 0 Å². The van der Waals surface area contributed by atoms with Crippen LogP contribution in [0.25, 0.3) is 0 Å². The van der Waals surface area contributed by atoms with E-state index < -0.39 is 0 Å². The van der Waals surface area contributed by atoms with Gasteiger partial charge < -0.3 is 0 Å². The van der Waals surface area contributed by atoms with Gasteiger partial charge in [-0.05, 0) is 62.6 Å². The molecule has 0 bridgehead atoms. The maximum atomic E-state index is 9.11. The topological polar surface area (TPSA) is 27.0 Å². The van der Waals surface area contributed by atoms with Gasteiger partial charge in [-0.15, -0.1) is 0 Å². The fourth-order valence-electron chi connectivity index (χ4n) is 5.80. The highest BCUT2D eigenvalue weighted by atomic mass is 32.2. The average molecular weight is 335 g/mol. The lowest BCUT2D eigenvalue weighted by Gasteiger charge is -2.61. The third kappa shape index (κ3) is 3.74. The molecular formula is C20H34N2S. The summed E-state index contributed by atoms with van der Waals surface area (Å²) in [6, 6.07) is 0.809. The summed E-state index contributed by atoms with van der Waals surface area (Å²) in [5.41, 5.74) is 0.526. The molecule has 0 aromatic rings. The van der Waals surface area contributed by atoms with Crippen LogP contribution in [0.2, 0.25) is 0 Å². The Morgan fingerprint density at radius 2 is 2.00 bits per heavy atom. The summed E-state index contributed by atoms with van der Waals surface area (Å²) < 4.78 is 0. The van der Waals surface area contributed by atoms with Crippen LogP contribution in [0.1, 0.15) is 90.4 Å². The summed E-state index contributed by atoms with van der Waals surface area (Å²) in [6.07, 6.45) is 18.3. The number of thioether (sulfide) groups is 1. The molecule has 1 aliphatic carbocycles. The van der Waals surface area contributed by atoms with Crippen LogP contribution >= 0.6 is 11.8 Å². The number of rotatable bonds is 6. The van der Waals surface area contributed by atoms with Gasteiger partial charge in [-0.3, -0.25) is 4.90 Å². The van der Waals surface area contributed by atoms with Crippen molar-refractivity contribution in [1.82, 2.24) is 4.90 Å². The number of unbranched alkanes of at least 4 members (excludes halogenated alkanes) is 3. The fourth-order valence-corrected chi connectivity index (χ4v) is 6.42. The summed E-state index contributed by atoms with van der Waals surface area (Å²) in [5.74, 6) is 0.955. The Bertz CT molecular complexity index is 418. The monoisotopic (exact) mass is 334 g/mol. The standard InChI is InChI=1S/C20H34N2S/c1-2-3-4-5-9-18-11-10-17-8-6-7-13-20(17)14-12-19(23-16-21)15-22(18)20/h17-19H,2-15H2,1H3/t17-,18-,19+,20-/m0/s1. The highest BCUT2D eigenvalue weighted by Crippen LogP contribution is 2.52. The van der Waals surface area contributed by atoms with Gasteiger partial charge in [0.2, 0.25) is 0 Å². The van der Waals surface area contributed by atoms with E-state index in [0.29, 0.717) is 10.8 Å². The van der Waals surface area contributed by atoms with Crippen LogP contribution in [0, 0.1) is 16.6 Å². The molecule has 1 saturated carbocycles. The Hall–Kier alpha value is -0.200. The first-order chi connectivity index (χ1) is 11.3. The molecule has 2 saturated heterocycles. The first-order valence-electron chi connectivity index (χ1n) is 10.1. The lowest BCUT2D eigenvalue weighted by Crippen LogP contribution is -2.65. The summed E-state index contributed by atoms with van der Waals surface area (Å²) >= 11 is 1.54. The largest absolute Gasteiger partial charge is 0.293 e. The Kier molecular flexibility index (Phi) is 6.32. The van der Waals surface area contributed by atoms with Crippen molar-refractivity contribution in [2.75, 3.05) is 6.54 Å². The number of nitrogens with zero attached hydrogens (tertiary/aromatic N) is 2. The van der Waals surface area contributed by atoms with E-state index in [9.17, 15) is 0 Å². The number of nitriles is 1. The van der Waals surface area contributed by atoms with E-state index in [2.05, 4.69) is 17.2 Å². The van der Waals surface area contributed by atoms with E-state index in [1.54, 1.807) is 11.8 Å². The van der Waals surface area contributed by atoms with Crippen LogP contribution in [0.5, 0.6) is 0 Å². The van der Waals surface area contributed by atoms with Gasteiger partial charge in [0.25, 0.3) is 0 Å². The van der Waals surface area contributed by atoms with Crippen LogP contribution < -0.4 is 0 Å². The molecule has 0 N–H and O–H groups in total. The van der Waals surface area contributed by atoms with Gasteiger partial charge in [-0.1, -0.05) is 45.4 Å². The van der Waals surface area contributed by atoms with Crippen molar-refractivity contribution in [3.05, 3.63) is 0 Å². The number of hydrogen-bond acceptors (Lipinski definition) is 3. The van der Waals surface area contributed by atoms with E-state index >= 15 is 0 Å². The Morgan fingerprint density at radius 3 is 2.83 bits per heavy atom. The van der Waals surface area contributed by atoms with Crippen LogP contribution in [0.15, 0.2) is 0 Å². The maximum absolute atomic E-state index is 9.11. The first kappa shape index (κ1) is 17.6. The molecule has 130 valence electrons. The quantitative estimate of drug-likeness (QED) is 0.458. The molecule has 2 heterocycles. The zero-order valence-electron chi connectivity index (χ0n) is 14.9. The molecule has 0 unspecified atom stereocenters. The molecule has 3 fully saturated rings. The Labute approximate surface area is 147 Å². The van der Waals surface area contributed by atoms with Crippen LogP contribution in [-0.4, -0.2) is 28.3 Å². The fraction of sp³-hybridized carbons (Fsp3) is 0.950. The second kappa shape index (κ2) is 8.26. The van der Waals surface area contributed by atoms with E-state index in [-0.39, 0.29) is 0 Å². The SMILES string of the molecule is CCCCCC[C@H]1CC[C@@H]2CCCC[C@]23CC[C@@H](SC#N)CN13. The van der Waals surface area contributed by atoms with Gasteiger partial charge in [0.1, 0.15) is 5.40 Å². The molecule has 0 radical (unpaired) electrons. The lowest BCUT2D eigenvalue weighted by atomic mass is 9.62. The predicted octanol–water partition coefficient (Wildman–Crippen LogP) is 5.73. The van der Waals surface area contributed by atoms with E-state index in [4.69, 9.17) is 5.26 Å². The minimum Gasteiger partial charge on any atom is -0.293 e. The van der Waals surface area contributed by atoms with Gasteiger partial charge in [0, 0.05) is 23.4 Å². The molecule has 0 aromatic carbocycles. The van der Waals surface area contributed by atoms with Crippen LogP contribution in [0.3, 0.4) is 0 Å². The molecule has 4 atom stereocenters. The third-order valence-corrected chi connectivity index (χ3v) is 7.77. The highest BCUT2D eigenvalue weighted by Gasteiger charge is 2.52. The van der Waals surface area contributed by atoms with E-state index in [1.807, 2.05) is 0 Å². The summed E-state index contributed by atoms with van der Waals surface area (Å²) in [7, 11) is 0. The Morgan fingerprint density at radius 1 is 1.09 bits per heavy atom. The molecule has 3 heteroatoms. The van der Waals surface area contributed by atoms with Crippen molar-refractivity contribution >= 4 is 11.8 Å². The van der Waals surface area contributed by atoms with Gasteiger partial charge in [0.15, 0.2) is 0 Å². The smallest absolute Gasteiger partial charge is 0.133 e. The number of thiocyanates is 1. The summed E-state index contributed by atoms with van der Waals surface area (Å²) in [5, 5.41) is 12.0.